The van der Waals surface area contributed by atoms with Crippen molar-refractivity contribution in [3.05, 3.63) is 41.5 Å². The monoisotopic (exact) mass is 196 g/mol. The Morgan fingerprint density at radius 3 is 3.00 bits per heavy atom. The first kappa shape index (κ1) is 7.35. The van der Waals surface area contributed by atoms with Crippen LogP contribution < -0.4 is 0 Å². The van der Waals surface area contributed by atoms with Crippen molar-refractivity contribution in [3.63, 3.8) is 0 Å². The minimum atomic E-state index is 0.319. The zero-order chi connectivity index (χ0) is 9.99. The molecule has 1 aromatic carbocycles. The average Bonchev–Trinajstić information content (AvgIpc) is 2.53. The zero-order valence-electron chi connectivity index (χ0n) is 7.95. The normalized spacial score (nSPS) is 13.3. The van der Waals surface area contributed by atoms with Gasteiger partial charge in [0.1, 0.15) is 17.1 Å². The molecule has 0 fully saturated rings. The quantitative estimate of drug-likeness (QED) is 0.468. The van der Waals surface area contributed by atoms with E-state index in [1.807, 2.05) is 18.2 Å². The Labute approximate surface area is 86.1 Å². The molecule has 4 rings (SSSR count). The number of benzene rings is 1. The zero-order valence-corrected chi connectivity index (χ0v) is 7.95. The van der Waals surface area contributed by atoms with E-state index in [4.69, 9.17) is 4.42 Å². The summed E-state index contributed by atoms with van der Waals surface area (Å²) in [5, 5.41) is 10.7. The van der Waals surface area contributed by atoms with Crippen LogP contribution in [0.3, 0.4) is 0 Å². The number of aromatic hydroxyl groups is 1. The van der Waals surface area contributed by atoms with Crippen molar-refractivity contribution in [1.82, 2.24) is 0 Å². The van der Waals surface area contributed by atoms with E-state index >= 15 is 0 Å². The van der Waals surface area contributed by atoms with Crippen LogP contribution in [-0.4, -0.2) is 5.11 Å². The van der Waals surface area contributed by atoms with Gasteiger partial charge in [0, 0.05) is 5.56 Å². The Bertz CT molecular complexity index is 664. The van der Waals surface area contributed by atoms with Crippen LogP contribution in [0.1, 0.15) is 11.1 Å². The molecule has 2 heteroatoms. The van der Waals surface area contributed by atoms with Gasteiger partial charge in [-0.25, -0.2) is 0 Å². The predicted molar refractivity (Wildman–Crippen MR) is 57.3 cm³/mol. The van der Waals surface area contributed by atoms with Crippen LogP contribution in [0.4, 0.5) is 0 Å². The third kappa shape index (κ3) is 0.721. The Morgan fingerprint density at radius 2 is 2.07 bits per heavy atom. The molecule has 0 aromatic heterocycles. The molecular formula is C13H8O2. The van der Waals surface area contributed by atoms with Crippen LogP contribution in [0.25, 0.3) is 22.3 Å². The lowest BCUT2D eigenvalue weighted by Gasteiger charge is -2.21. The van der Waals surface area contributed by atoms with E-state index in [0.717, 1.165) is 23.2 Å². The highest BCUT2D eigenvalue weighted by molar-refractivity contribution is 5.97. The molecule has 0 spiro atoms. The minimum Gasteiger partial charge on any atom is -0.507 e. The average molecular weight is 196 g/mol. The molecule has 1 N–H and O–H groups in total. The van der Waals surface area contributed by atoms with Gasteiger partial charge in [-0.1, -0.05) is 12.1 Å². The first-order chi connectivity index (χ1) is 7.34. The summed E-state index contributed by atoms with van der Waals surface area (Å²) in [6.07, 6.45) is 0.948. The van der Waals surface area contributed by atoms with Crippen LogP contribution in [0, 0.1) is 0 Å². The van der Waals surface area contributed by atoms with Gasteiger partial charge in [0.2, 0.25) is 0 Å². The van der Waals surface area contributed by atoms with Gasteiger partial charge in [-0.3, -0.25) is 0 Å². The van der Waals surface area contributed by atoms with Crippen molar-refractivity contribution in [2.24, 2.45) is 0 Å². The van der Waals surface area contributed by atoms with Crippen LogP contribution >= 0.6 is 0 Å². The molecule has 0 saturated carbocycles. The summed E-state index contributed by atoms with van der Waals surface area (Å²) in [6.45, 7) is 0. The molecule has 3 aliphatic rings. The van der Waals surface area contributed by atoms with Gasteiger partial charge >= 0.3 is 0 Å². The molecule has 0 bridgehead atoms. The third-order valence-electron chi connectivity index (χ3n) is 3.20. The highest BCUT2D eigenvalue weighted by atomic mass is 16.3. The Hall–Kier alpha value is -1.96. The van der Waals surface area contributed by atoms with Gasteiger partial charge < -0.3 is 9.52 Å². The number of rotatable bonds is 0. The van der Waals surface area contributed by atoms with Crippen molar-refractivity contribution < 1.29 is 9.52 Å². The maximum atomic E-state index is 9.82. The van der Waals surface area contributed by atoms with Crippen molar-refractivity contribution in [1.29, 1.82) is 0 Å². The maximum absolute atomic E-state index is 9.82. The van der Waals surface area contributed by atoms with E-state index in [0.29, 0.717) is 5.75 Å². The van der Waals surface area contributed by atoms with E-state index in [2.05, 4.69) is 6.07 Å². The fourth-order valence-corrected chi connectivity index (χ4v) is 2.49. The molecule has 0 unspecified atom stereocenters. The van der Waals surface area contributed by atoms with E-state index < -0.39 is 0 Å². The third-order valence-corrected chi connectivity index (χ3v) is 3.20. The fourth-order valence-electron chi connectivity index (χ4n) is 2.49. The lowest BCUT2D eigenvalue weighted by Crippen LogP contribution is -2.04. The number of phenols is 1. The van der Waals surface area contributed by atoms with Crippen LogP contribution in [0.15, 0.2) is 34.7 Å². The SMILES string of the molecule is Oc1cccc2oc3ccc4c-3c(c12)C4. The number of hydrogen-bond donors (Lipinski definition) is 1. The molecule has 0 amide bonds. The largest absolute Gasteiger partial charge is 0.507 e. The summed E-state index contributed by atoms with van der Waals surface area (Å²) in [6, 6.07) is 9.51. The van der Waals surface area contributed by atoms with Crippen molar-refractivity contribution in [2.45, 2.75) is 6.42 Å². The van der Waals surface area contributed by atoms with E-state index in [9.17, 15) is 5.11 Å². The van der Waals surface area contributed by atoms with Crippen molar-refractivity contribution >= 4 is 11.0 Å². The van der Waals surface area contributed by atoms with Crippen molar-refractivity contribution in [2.75, 3.05) is 0 Å². The molecule has 1 aliphatic heterocycles. The highest BCUT2D eigenvalue weighted by Crippen LogP contribution is 2.47. The van der Waals surface area contributed by atoms with Crippen LogP contribution in [0.2, 0.25) is 0 Å². The second-order valence-corrected chi connectivity index (χ2v) is 4.01. The standard InChI is InChI=1S/C13H8O2/c14-9-2-1-3-10-13(9)8-6-7-4-5-11(15-10)12(7)8/h1-5,14H,6H2. The summed E-state index contributed by atoms with van der Waals surface area (Å²) in [7, 11) is 0. The van der Waals surface area contributed by atoms with Gasteiger partial charge in [-0.15, -0.1) is 0 Å². The number of phenolic OH excluding ortho intramolecular Hbond substituents is 1. The van der Waals surface area contributed by atoms with Gasteiger partial charge in [-0.2, -0.15) is 0 Å². The lowest BCUT2D eigenvalue weighted by molar-refractivity contribution is 0.479. The van der Waals surface area contributed by atoms with Gasteiger partial charge in [0.15, 0.2) is 0 Å². The Morgan fingerprint density at radius 1 is 1.13 bits per heavy atom. The molecule has 1 aromatic rings. The van der Waals surface area contributed by atoms with E-state index in [-0.39, 0.29) is 0 Å². The molecule has 0 saturated heterocycles. The summed E-state index contributed by atoms with van der Waals surface area (Å²) < 4.78 is 5.73. The second kappa shape index (κ2) is 2.16. The Balaban J connectivity index is 2.34. The van der Waals surface area contributed by atoms with E-state index in [1.54, 1.807) is 6.07 Å². The summed E-state index contributed by atoms with van der Waals surface area (Å²) in [4.78, 5) is 0. The predicted octanol–water partition coefficient (Wildman–Crippen LogP) is 3.15. The molecule has 72 valence electrons. The van der Waals surface area contributed by atoms with Crippen molar-refractivity contribution in [3.8, 4) is 17.1 Å². The highest BCUT2D eigenvalue weighted by Gasteiger charge is 2.28. The number of hydrogen-bond acceptors (Lipinski definition) is 2. The summed E-state index contributed by atoms with van der Waals surface area (Å²) >= 11 is 0. The number of fused-ring (bicyclic) bond motifs is 2. The second-order valence-electron chi connectivity index (χ2n) is 4.01. The molecular weight excluding hydrogens is 188 g/mol. The summed E-state index contributed by atoms with van der Waals surface area (Å²) in [5.74, 6) is 1.25. The molecule has 0 radical (unpaired) electrons. The lowest BCUT2D eigenvalue weighted by atomic mass is 9.85. The molecule has 1 heterocycles. The fraction of sp³-hybridized carbons (Fsp3) is 0.0769. The van der Waals surface area contributed by atoms with Crippen LogP contribution in [-0.2, 0) is 6.42 Å². The van der Waals surface area contributed by atoms with Gasteiger partial charge in [-0.05, 0) is 35.7 Å². The topological polar surface area (TPSA) is 33.4 Å². The minimum absolute atomic E-state index is 0.319. The van der Waals surface area contributed by atoms with Gasteiger partial charge in [0.05, 0.1) is 5.39 Å². The summed E-state index contributed by atoms with van der Waals surface area (Å²) in [5.41, 5.74) is 4.52. The first-order valence-corrected chi connectivity index (χ1v) is 4.99. The molecule has 2 nitrogen and oxygen atoms in total. The smallest absolute Gasteiger partial charge is 0.138 e. The molecule has 0 atom stereocenters. The van der Waals surface area contributed by atoms with Crippen LogP contribution in [0.5, 0.6) is 5.75 Å². The molecule has 15 heavy (non-hydrogen) atoms. The first-order valence-electron chi connectivity index (χ1n) is 4.99. The van der Waals surface area contributed by atoms with Gasteiger partial charge in [0.25, 0.3) is 0 Å². The Kier molecular flexibility index (Phi) is 1.06. The maximum Gasteiger partial charge on any atom is 0.138 e. The van der Waals surface area contributed by atoms with E-state index in [1.165, 1.54) is 16.7 Å². The molecule has 2 aliphatic carbocycles.